The number of carbonyl (C=O) groups is 2. The van der Waals surface area contributed by atoms with Crippen LogP contribution in [0.1, 0.15) is 36.8 Å². The number of rotatable bonds is 9. The van der Waals surface area contributed by atoms with Gasteiger partial charge in [-0.1, -0.05) is 42.5 Å². The number of ether oxygens (including phenoxy) is 2. The number of nitrogens with zero attached hydrogens (tertiary/aromatic N) is 1. The van der Waals surface area contributed by atoms with Gasteiger partial charge in [0.2, 0.25) is 0 Å². The first-order valence-corrected chi connectivity index (χ1v) is 10.6. The van der Waals surface area contributed by atoms with Crippen molar-refractivity contribution < 1.29 is 19.1 Å². The third kappa shape index (κ3) is 6.17. The summed E-state index contributed by atoms with van der Waals surface area (Å²) < 4.78 is 10.9. The normalized spacial score (nSPS) is 11.0. The molecule has 0 bridgehead atoms. The van der Waals surface area contributed by atoms with Gasteiger partial charge in [-0.3, -0.25) is 9.78 Å². The van der Waals surface area contributed by atoms with E-state index in [-0.39, 0.29) is 5.91 Å². The Balaban J connectivity index is 1.54. The SMILES string of the molecule is CCOC(=O)C(C)(C)Oc1ccc(-c2ccc(CCNC(=O)c3ccccn3)cc2)cc1. The third-order valence-electron chi connectivity index (χ3n) is 4.88. The molecule has 0 aliphatic carbocycles. The lowest BCUT2D eigenvalue weighted by atomic mass is 10.0. The lowest BCUT2D eigenvalue weighted by molar-refractivity contribution is -0.158. The molecule has 32 heavy (non-hydrogen) atoms. The summed E-state index contributed by atoms with van der Waals surface area (Å²) in [6, 6.07) is 21.1. The van der Waals surface area contributed by atoms with Crippen LogP contribution < -0.4 is 10.1 Å². The van der Waals surface area contributed by atoms with Crippen LogP contribution in [0.5, 0.6) is 5.75 Å². The van der Waals surface area contributed by atoms with Gasteiger partial charge < -0.3 is 14.8 Å². The van der Waals surface area contributed by atoms with E-state index < -0.39 is 11.6 Å². The largest absolute Gasteiger partial charge is 0.476 e. The number of benzene rings is 2. The van der Waals surface area contributed by atoms with Gasteiger partial charge in [0, 0.05) is 12.7 Å². The number of amides is 1. The Morgan fingerprint density at radius 3 is 2.19 bits per heavy atom. The molecule has 1 heterocycles. The number of pyridine rings is 1. The Kier molecular flexibility index (Phi) is 7.60. The molecule has 3 aromatic rings. The maximum Gasteiger partial charge on any atom is 0.349 e. The Morgan fingerprint density at radius 1 is 0.938 bits per heavy atom. The zero-order valence-corrected chi connectivity index (χ0v) is 18.6. The summed E-state index contributed by atoms with van der Waals surface area (Å²) in [6.07, 6.45) is 2.34. The zero-order valence-electron chi connectivity index (χ0n) is 18.6. The summed E-state index contributed by atoms with van der Waals surface area (Å²) in [7, 11) is 0. The Labute approximate surface area is 188 Å². The summed E-state index contributed by atoms with van der Waals surface area (Å²) in [6.45, 7) is 6.01. The number of hydrogen-bond acceptors (Lipinski definition) is 5. The van der Waals surface area contributed by atoms with Gasteiger partial charge >= 0.3 is 5.97 Å². The van der Waals surface area contributed by atoms with E-state index in [0.29, 0.717) is 24.6 Å². The van der Waals surface area contributed by atoms with E-state index in [9.17, 15) is 9.59 Å². The zero-order chi connectivity index (χ0) is 23.0. The summed E-state index contributed by atoms with van der Waals surface area (Å²) >= 11 is 0. The summed E-state index contributed by atoms with van der Waals surface area (Å²) in [5.41, 5.74) is 2.61. The molecule has 6 nitrogen and oxygen atoms in total. The smallest absolute Gasteiger partial charge is 0.349 e. The average Bonchev–Trinajstić information content (AvgIpc) is 2.80. The minimum absolute atomic E-state index is 0.171. The maximum atomic E-state index is 12.0. The second-order valence-electron chi connectivity index (χ2n) is 7.78. The van der Waals surface area contributed by atoms with E-state index in [2.05, 4.69) is 22.4 Å². The molecule has 1 aromatic heterocycles. The highest BCUT2D eigenvalue weighted by molar-refractivity contribution is 5.92. The second kappa shape index (κ2) is 10.6. The summed E-state index contributed by atoms with van der Waals surface area (Å²) in [4.78, 5) is 28.1. The van der Waals surface area contributed by atoms with Crippen LogP contribution >= 0.6 is 0 Å². The average molecular weight is 433 g/mol. The minimum atomic E-state index is -1.05. The monoisotopic (exact) mass is 432 g/mol. The second-order valence-corrected chi connectivity index (χ2v) is 7.78. The van der Waals surface area contributed by atoms with Crippen LogP contribution in [0, 0.1) is 0 Å². The highest BCUT2D eigenvalue weighted by atomic mass is 16.6. The van der Waals surface area contributed by atoms with Gasteiger partial charge in [-0.05, 0) is 68.1 Å². The molecule has 1 amide bonds. The lowest BCUT2D eigenvalue weighted by Crippen LogP contribution is -2.39. The Bertz CT molecular complexity index is 1030. The van der Waals surface area contributed by atoms with Gasteiger partial charge in [0.15, 0.2) is 5.60 Å². The number of nitrogens with one attached hydrogen (secondary N) is 1. The quantitative estimate of drug-likeness (QED) is 0.506. The molecule has 3 rings (SSSR count). The van der Waals surface area contributed by atoms with E-state index in [0.717, 1.165) is 23.1 Å². The minimum Gasteiger partial charge on any atom is -0.476 e. The lowest BCUT2D eigenvalue weighted by Gasteiger charge is -2.24. The van der Waals surface area contributed by atoms with Gasteiger partial charge in [-0.2, -0.15) is 0 Å². The molecule has 0 atom stereocenters. The van der Waals surface area contributed by atoms with Crippen LogP contribution in [0.3, 0.4) is 0 Å². The molecule has 6 heteroatoms. The summed E-state index contributed by atoms with van der Waals surface area (Å²) in [5.74, 6) is 0.0404. The highest BCUT2D eigenvalue weighted by Gasteiger charge is 2.31. The molecule has 0 fully saturated rings. The number of aromatic nitrogens is 1. The fraction of sp³-hybridized carbons (Fsp3) is 0.269. The third-order valence-corrected chi connectivity index (χ3v) is 4.88. The number of esters is 1. The molecule has 0 unspecified atom stereocenters. The van der Waals surface area contributed by atoms with Gasteiger partial charge in [0.1, 0.15) is 11.4 Å². The van der Waals surface area contributed by atoms with Crippen LogP contribution in [-0.4, -0.2) is 35.6 Å². The van der Waals surface area contributed by atoms with Gasteiger partial charge in [0.25, 0.3) is 5.91 Å². The molecule has 0 aliphatic rings. The van der Waals surface area contributed by atoms with Crippen molar-refractivity contribution in [3.8, 4) is 16.9 Å². The fourth-order valence-corrected chi connectivity index (χ4v) is 3.13. The predicted octanol–water partition coefficient (Wildman–Crippen LogP) is 4.44. The standard InChI is InChI=1S/C26H28N2O4/c1-4-31-25(30)26(2,3)32-22-14-12-21(13-15-22)20-10-8-19(9-11-20)16-18-28-24(29)23-7-5-6-17-27-23/h5-15,17H,4,16,18H2,1-3H3,(H,28,29). The van der Waals surface area contributed by atoms with Crippen LogP contribution in [0.25, 0.3) is 11.1 Å². The molecule has 0 saturated carbocycles. The van der Waals surface area contributed by atoms with Crippen molar-refractivity contribution >= 4 is 11.9 Å². The molecule has 0 spiro atoms. The molecule has 0 radical (unpaired) electrons. The Morgan fingerprint density at radius 2 is 1.59 bits per heavy atom. The molecular weight excluding hydrogens is 404 g/mol. The van der Waals surface area contributed by atoms with E-state index in [1.54, 1.807) is 45.2 Å². The first-order chi connectivity index (χ1) is 15.4. The van der Waals surface area contributed by atoms with Crippen molar-refractivity contribution in [2.45, 2.75) is 32.8 Å². The van der Waals surface area contributed by atoms with Crippen LogP contribution in [-0.2, 0) is 16.0 Å². The topological polar surface area (TPSA) is 77.5 Å². The van der Waals surface area contributed by atoms with Gasteiger partial charge in [-0.25, -0.2) is 4.79 Å². The fourth-order valence-electron chi connectivity index (χ4n) is 3.13. The first kappa shape index (κ1) is 23.0. The Hall–Kier alpha value is -3.67. The van der Waals surface area contributed by atoms with Crippen LogP contribution in [0.4, 0.5) is 0 Å². The molecular formula is C26H28N2O4. The van der Waals surface area contributed by atoms with Gasteiger partial charge in [0.05, 0.1) is 6.61 Å². The number of carbonyl (C=O) groups excluding carboxylic acids is 2. The van der Waals surface area contributed by atoms with Crippen molar-refractivity contribution in [3.63, 3.8) is 0 Å². The molecule has 0 saturated heterocycles. The molecule has 2 aromatic carbocycles. The van der Waals surface area contributed by atoms with Crippen molar-refractivity contribution in [2.75, 3.05) is 13.2 Å². The van der Waals surface area contributed by atoms with Crippen molar-refractivity contribution in [3.05, 3.63) is 84.2 Å². The highest BCUT2D eigenvalue weighted by Crippen LogP contribution is 2.25. The maximum absolute atomic E-state index is 12.0. The van der Waals surface area contributed by atoms with Crippen molar-refractivity contribution in [1.29, 1.82) is 0 Å². The molecule has 166 valence electrons. The molecule has 1 N–H and O–H groups in total. The number of hydrogen-bond donors (Lipinski definition) is 1. The van der Waals surface area contributed by atoms with E-state index in [1.165, 1.54) is 0 Å². The molecule has 0 aliphatic heterocycles. The predicted molar refractivity (Wildman–Crippen MR) is 123 cm³/mol. The van der Waals surface area contributed by atoms with Crippen molar-refractivity contribution in [1.82, 2.24) is 10.3 Å². The van der Waals surface area contributed by atoms with E-state index >= 15 is 0 Å². The summed E-state index contributed by atoms with van der Waals surface area (Å²) in [5, 5.41) is 2.89. The van der Waals surface area contributed by atoms with E-state index in [4.69, 9.17) is 9.47 Å². The van der Waals surface area contributed by atoms with Crippen molar-refractivity contribution in [2.24, 2.45) is 0 Å². The van der Waals surface area contributed by atoms with Gasteiger partial charge in [-0.15, -0.1) is 0 Å². The van der Waals surface area contributed by atoms with Crippen LogP contribution in [0.2, 0.25) is 0 Å². The van der Waals surface area contributed by atoms with Crippen LogP contribution in [0.15, 0.2) is 72.9 Å². The first-order valence-electron chi connectivity index (χ1n) is 10.6. The van der Waals surface area contributed by atoms with E-state index in [1.807, 2.05) is 36.4 Å².